The molecule has 0 aromatic carbocycles. The first-order valence-corrected chi connectivity index (χ1v) is 4.37. The van der Waals surface area contributed by atoms with Crippen LogP contribution in [0.15, 0.2) is 0 Å². The van der Waals surface area contributed by atoms with E-state index in [-0.39, 0.29) is 19.4 Å². The molecule has 0 radical (unpaired) electrons. The van der Waals surface area contributed by atoms with E-state index in [4.69, 9.17) is 20.7 Å². The standard InChI is InChI=1S/C8H14FNO5/c9-2-1-3-15-6(8(13)14)4-5(10)7(11)12/h5-6H,1-4,10H2,(H,11,12)(H,13,14)/i9-1. The third-order valence-electron chi connectivity index (χ3n) is 1.66. The minimum absolute atomic E-state index is 0.0696. The lowest BCUT2D eigenvalue weighted by molar-refractivity contribution is -0.152. The van der Waals surface area contributed by atoms with Gasteiger partial charge in [0.15, 0.2) is 6.10 Å². The Bertz CT molecular complexity index is 223. The fraction of sp³-hybridized carbons (Fsp3) is 0.750. The number of rotatable bonds is 8. The number of carbonyl (C=O) groups is 2. The van der Waals surface area contributed by atoms with Crippen molar-refractivity contribution in [3.8, 4) is 0 Å². The van der Waals surface area contributed by atoms with Crippen molar-refractivity contribution in [2.45, 2.75) is 25.0 Å². The summed E-state index contributed by atoms with van der Waals surface area (Å²) in [5.41, 5.74) is 5.14. The van der Waals surface area contributed by atoms with Crippen molar-refractivity contribution in [2.24, 2.45) is 5.73 Å². The van der Waals surface area contributed by atoms with Crippen LogP contribution in [0, 0.1) is 0 Å². The van der Waals surface area contributed by atoms with E-state index in [0.29, 0.717) is 0 Å². The van der Waals surface area contributed by atoms with Gasteiger partial charge in [0.25, 0.3) is 0 Å². The second-order valence-electron chi connectivity index (χ2n) is 2.92. The summed E-state index contributed by atoms with van der Waals surface area (Å²) < 4.78 is 16.5. The van der Waals surface area contributed by atoms with Crippen LogP contribution >= 0.6 is 0 Å². The van der Waals surface area contributed by atoms with Crippen molar-refractivity contribution >= 4 is 11.9 Å². The van der Waals surface area contributed by atoms with Crippen LogP contribution < -0.4 is 5.73 Å². The van der Waals surface area contributed by atoms with Crippen LogP contribution in [0.5, 0.6) is 0 Å². The molecule has 0 amide bonds. The monoisotopic (exact) mass is 222 g/mol. The number of nitrogens with two attached hydrogens (primary N) is 1. The third-order valence-corrected chi connectivity index (χ3v) is 1.66. The second-order valence-corrected chi connectivity index (χ2v) is 2.92. The quantitative estimate of drug-likeness (QED) is 0.483. The molecule has 88 valence electrons. The minimum atomic E-state index is -1.30. The number of halogens is 1. The lowest BCUT2D eigenvalue weighted by Crippen LogP contribution is -2.38. The first-order valence-electron chi connectivity index (χ1n) is 4.37. The number of carboxylic acids is 2. The molecule has 0 spiro atoms. The van der Waals surface area contributed by atoms with E-state index in [1.165, 1.54) is 0 Å². The number of hydrogen-bond donors (Lipinski definition) is 3. The smallest absolute Gasteiger partial charge is 0.332 e. The maximum atomic E-state index is 11.7. The highest BCUT2D eigenvalue weighted by molar-refractivity contribution is 5.76. The Morgan fingerprint density at radius 1 is 1.33 bits per heavy atom. The number of carboxylic acid groups (broad SMARTS) is 2. The van der Waals surface area contributed by atoms with Crippen LogP contribution in [-0.2, 0) is 14.3 Å². The summed E-state index contributed by atoms with van der Waals surface area (Å²) in [7, 11) is 0. The van der Waals surface area contributed by atoms with Crippen molar-refractivity contribution in [1.82, 2.24) is 0 Å². The summed E-state index contributed by atoms with van der Waals surface area (Å²) in [6.07, 6.45) is -1.56. The molecule has 0 aliphatic carbocycles. The molecule has 0 heterocycles. The van der Waals surface area contributed by atoms with Gasteiger partial charge in [-0.1, -0.05) is 0 Å². The van der Waals surface area contributed by atoms with Gasteiger partial charge < -0.3 is 20.7 Å². The first kappa shape index (κ1) is 13.8. The van der Waals surface area contributed by atoms with E-state index >= 15 is 0 Å². The Morgan fingerprint density at radius 3 is 2.33 bits per heavy atom. The SMILES string of the molecule is NC(CC(OCCC[18F])C(=O)O)C(=O)O. The molecule has 0 aromatic rings. The van der Waals surface area contributed by atoms with E-state index in [1.807, 2.05) is 0 Å². The Hall–Kier alpha value is -1.21. The molecule has 0 saturated heterocycles. The molecule has 0 saturated carbocycles. The highest BCUT2D eigenvalue weighted by Crippen LogP contribution is 2.03. The predicted molar refractivity (Wildman–Crippen MR) is 48.2 cm³/mol. The summed E-state index contributed by atoms with van der Waals surface area (Å²) in [6.45, 7) is -0.683. The van der Waals surface area contributed by atoms with Gasteiger partial charge in [-0.15, -0.1) is 0 Å². The van der Waals surface area contributed by atoms with Crippen LogP contribution in [-0.4, -0.2) is 47.6 Å². The average molecular weight is 222 g/mol. The summed E-state index contributed by atoms with van der Waals surface area (Å²) in [5, 5.41) is 17.1. The van der Waals surface area contributed by atoms with Gasteiger partial charge in [0, 0.05) is 6.42 Å². The molecule has 15 heavy (non-hydrogen) atoms. The number of ether oxygens (including phenoxy) is 1. The topological polar surface area (TPSA) is 110 Å². The van der Waals surface area contributed by atoms with E-state index < -0.39 is 30.8 Å². The maximum Gasteiger partial charge on any atom is 0.332 e. The molecule has 4 N–H and O–H groups in total. The largest absolute Gasteiger partial charge is 0.480 e. The van der Waals surface area contributed by atoms with E-state index in [1.54, 1.807) is 0 Å². The lowest BCUT2D eigenvalue weighted by atomic mass is 10.1. The van der Waals surface area contributed by atoms with Crippen molar-refractivity contribution in [3.63, 3.8) is 0 Å². The zero-order chi connectivity index (χ0) is 11.8. The fourth-order valence-electron chi connectivity index (χ4n) is 0.852. The molecular formula is C8H14FNO5. The Balaban J connectivity index is 4.04. The predicted octanol–water partition coefficient (Wildman–Crippen LogP) is -0.382. The molecule has 0 aliphatic heterocycles. The van der Waals surface area contributed by atoms with E-state index in [0.717, 1.165) is 0 Å². The van der Waals surface area contributed by atoms with Crippen molar-refractivity contribution < 1.29 is 28.9 Å². The number of alkyl halides is 1. The van der Waals surface area contributed by atoms with E-state index in [2.05, 4.69) is 0 Å². The summed E-state index contributed by atoms with van der Waals surface area (Å²) >= 11 is 0. The van der Waals surface area contributed by atoms with Gasteiger partial charge in [-0.05, 0) is 6.42 Å². The van der Waals surface area contributed by atoms with Gasteiger partial charge in [-0.3, -0.25) is 9.18 Å². The molecule has 0 fully saturated rings. The molecule has 7 heteroatoms. The lowest BCUT2D eigenvalue weighted by Gasteiger charge is -2.15. The van der Waals surface area contributed by atoms with Gasteiger partial charge in [0.05, 0.1) is 13.3 Å². The molecule has 2 atom stereocenters. The minimum Gasteiger partial charge on any atom is -0.480 e. The fourth-order valence-corrected chi connectivity index (χ4v) is 0.852. The second kappa shape index (κ2) is 7.13. The van der Waals surface area contributed by atoms with Gasteiger partial charge in [0.1, 0.15) is 6.04 Å². The molecule has 0 rings (SSSR count). The summed E-state index contributed by atoms with van der Waals surface area (Å²) in [4.78, 5) is 20.9. The van der Waals surface area contributed by atoms with Crippen LogP contribution in [0.4, 0.5) is 4.39 Å². The van der Waals surface area contributed by atoms with Crippen molar-refractivity contribution in [3.05, 3.63) is 0 Å². The number of aliphatic carboxylic acids is 2. The zero-order valence-electron chi connectivity index (χ0n) is 8.06. The highest BCUT2D eigenvalue weighted by Gasteiger charge is 2.24. The maximum absolute atomic E-state index is 11.7. The van der Waals surface area contributed by atoms with E-state index in [9.17, 15) is 14.0 Å². The van der Waals surface area contributed by atoms with Gasteiger partial charge in [-0.2, -0.15) is 0 Å². The van der Waals surface area contributed by atoms with Crippen LogP contribution in [0.1, 0.15) is 12.8 Å². The van der Waals surface area contributed by atoms with Crippen molar-refractivity contribution in [1.29, 1.82) is 0 Å². The molecule has 6 nitrogen and oxygen atoms in total. The Kier molecular flexibility index (Phi) is 6.56. The molecule has 2 unspecified atom stereocenters. The van der Waals surface area contributed by atoms with Crippen molar-refractivity contribution in [2.75, 3.05) is 13.3 Å². The van der Waals surface area contributed by atoms with Crippen LogP contribution in [0.3, 0.4) is 0 Å². The summed E-state index contributed by atoms with van der Waals surface area (Å²) in [5.74, 6) is -2.60. The highest BCUT2D eigenvalue weighted by atomic mass is 18.2. The summed E-state index contributed by atoms with van der Waals surface area (Å²) in [6, 6.07) is -1.29. The molecular weight excluding hydrogens is 208 g/mol. The molecule has 0 aliphatic rings. The normalized spacial score (nSPS) is 14.5. The van der Waals surface area contributed by atoms with Crippen LogP contribution in [0.25, 0.3) is 0 Å². The first-order chi connectivity index (χ1) is 6.99. The van der Waals surface area contributed by atoms with Crippen LogP contribution in [0.2, 0.25) is 0 Å². The van der Waals surface area contributed by atoms with Gasteiger partial charge in [0.2, 0.25) is 0 Å². The van der Waals surface area contributed by atoms with Gasteiger partial charge >= 0.3 is 11.9 Å². The Labute approximate surface area is 85.8 Å². The average Bonchev–Trinajstić information content (AvgIpc) is 2.15. The third kappa shape index (κ3) is 5.97. The zero-order valence-corrected chi connectivity index (χ0v) is 8.06. The molecule has 0 aromatic heterocycles. The van der Waals surface area contributed by atoms with Gasteiger partial charge in [-0.25, -0.2) is 4.79 Å². The number of hydrogen-bond acceptors (Lipinski definition) is 4. The Morgan fingerprint density at radius 2 is 1.93 bits per heavy atom. The molecule has 0 bridgehead atoms.